The van der Waals surface area contributed by atoms with Gasteiger partial charge in [0.05, 0.1) is 12.5 Å². The zero-order valence-corrected chi connectivity index (χ0v) is 14.1. The Morgan fingerprint density at radius 1 is 1.28 bits per heavy atom. The number of methoxy groups -OCH3 is 1. The largest absolute Gasteiger partial charge is 0.492 e. The van der Waals surface area contributed by atoms with Gasteiger partial charge in [-0.25, -0.2) is 13.5 Å². The average Bonchev–Trinajstić information content (AvgIpc) is 2.92. The Kier molecular flexibility index (Phi) is 4.41. The fourth-order valence-corrected chi connectivity index (χ4v) is 3.78. The molecule has 0 unspecified atom stereocenters. The van der Waals surface area contributed by atoms with Crippen molar-refractivity contribution in [2.24, 2.45) is 0 Å². The summed E-state index contributed by atoms with van der Waals surface area (Å²) >= 11 is 0. The lowest BCUT2D eigenvalue weighted by molar-refractivity contribution is -0.0412. The molecule has 1 aromatic carbocycles. The van der Waals surface area contributed by atoms with Gasteiger partial charge in [0.25, 0.3) is 5.92 Å². The number of hydrogen-bond donors (Lipinski definition) is 1. The molecule has 0 radical (unpaired) electrons. The van der Waals surface area contributed by atoms with Crippen LogP contribution in [0.1, 0.15) is 23.4 Å². The Morgan fingerprint density at radius 2 is 1.92 bits per heavy atom. The topological polar surface area (TPSA) is 88.8 Å². The maximum atomic E-state index is 13.2. The molecule has 0 atom stereocenters. The number of halogens is 2. The van der Waals surface area contributed by atoms with Gasteiger partial charge in [-0.2, -0.15) is 12.7 Å². The number of carbonyl (C=O) groups excluding carboxylic acids is 1. The van der Waals surface area contributed by atoms with Crippen LogP contribution in [0.4, 0.5) is 8.78 Å². The number of hydrogen-bond acceptors (Lipinski definition) is 5. The first-order valence-corrected chi connectivity index (χ1v) is 8.93. The van der Waals surface area contributed by atoms with Crippen LogP contribution in [-0.2, 0) is 10.2 Å². The molecule has 1 N–H and O–H groups in total. The Balaban J connectivity index is 1.82. The van der Waals surface area contributed by atoms with Crippen LogP contribution in [-0.4, -0.2) is 44.8 Å². The minimum atomic E-state index is -4.26. The zero-order chi connectivity index (χ0) is 18.2. The zero-order valence-electron chi connectivity index (χ0n) is 13.3. The van der Waals surface area contributed by atoms with E-state index in [4.69, 9.17) is 9.15 Å². The first-order valence-electron chi connectivity index (χ1n) is 7.49. The molecule has 1 saturated heterocycles. The molecule has 1 aliphatic rings. The monoisotopic (exact) mass is 374 g/mol. The number of piperidine rings is 1. The highest BCUT2D eigenvalue weighted by molar-refractivity contribution is 7.87. The lowest BCUT2D eigenvalue weighted by atomic mass is 10.1. The summed E-state index contributed by atoms with van der Waals surface area (Å²) in [6.07, 6.45) is -1.17. The third-order valence-corrected chi connectivity index (χ3v) is 5.46. The van der Waals surface area contributed by atoms with Gasteiger partial charge in [-0.05, 0) is 12.1 Å². The Bertz CT molecular complexity index is 900. The predicted octanol–water partition coefficient (Wildman–Crippen LogP) is 2.15. The van der Waals surface area contributed by atoms with Crippen molar-refractivity contribution in [3.05, 3.63) is 30.0 Å². The number of nitrogens with zero attached hydrogens (tertiary/aromatic N) is 1. The van der Waals surface area contributed by atoms with E-state index in [1.807, 2.05) is 4.72 Å². The number of benzene rings is 1. The molecule has 2 aromatic rings. The molecular weight excluding hydrogens is 358 g/mol. The molecule has 3 rings (SSSR count). The van der Waals surface area contributed by atoms with E-state index in [9.17, 15) is 22.0 Å². The van der Waals surface area contributed by atoms with E-state index in [1.54, 1.807) is 24.3 Å². The molecule has 1 aromatic heterocycles. The van der Waals surface area contributed by atoms with E-state index in [1.165, 1.54) is 7.11 Å². The van der Waals surface area contributed by atoms with Crippen molar-refractivity contribution >= 4 is 27.1 Å². The van der Waals surface area contributed by atoms with Gasteiger partial charge in [0, 0.05) is 25.9 Å². The van der Waals surface area contributed by atoms with Crippen molar-refractivity contribution in [1.82, 2.24) is 9.03 Å². The highest BCUT2D eigenvalue weighted by Gasteiger charge is 2.39. The lowest BCUT2D eigenvalue weighted by Gasteiger charge is -2.30. The molecule has 0 saturated carbocycles. The molecule has 0 spiro atoms. The van der Waals surface area contributed by atoms with Crippen LogP contribution in [0.15, 0.2) is 28.7 Å². The number of amides is 1. The Morgan fingerprint density at radius 3 is 2.56 bits per heavy atom. The smallest absolute Gasteiger partial charge is 0.305 e. The van der Waals surface area contributed by atoms with Crippen molar-refractivity contribution in [2.45, 2.75) is 18.8 Å². The summed E-state index contributed by atoms with van der Waals surface area (Å²) in [5, 5.41) is 0.519. The van der Waals surface area contributed by atoms with Crippen molar-refractivity contribution in [2.75, 3.05) is 20.2 Å². The van der Waals surface area contributed by atoms with E-state index in [2.05, 4.69) is 0 Å². The summed E-state index contributed by atoms with van der Waals surface area (Å²) in [5.74, 6) is -4.11. The van der Waals surface area contributed by atoms with Crippen LogP contribution in [0.25, 0.3) is 11.0 Å². The minimum Gasteiger partial charge on any atom is -0.492 e. The van der Waals surface area contributed by atoms with Crippen LogP contribution in [0, 0.1) is 0 Å². The van der Waals surface area contributed by atoms with Crippen molar-refractivity contribution in [3.63, 3.8) is 0 Å². The number of alkyl halides is 2. The summed E-state index contributed by atoms with van der Waals surface area (Å²) in [6, 6.07) is 6.68. The normalized spacial score (nSPS) is 18.2. The average molecular weight is 374 g/mol. The van der Waals surface area contributed by atoms with Gasteiger partial charge in [-0.3, -0.25) is 4.79 Å². The molecular formula is C15H16F2N2O5S. The van der Waals surface area contributed by atoms with Crippen LogP contribution in [0.3, 0.4) is 0 Å². The van der Waals surface area contributed by atoms with Crippen LogP contribution in [0.5, 0.6) is 5.75 Å². The quantitative estimate of drug-likeness (QED) is 0.886. The van der Waals surface area contributed by atoms with Gasteiger partial charge in [0.15, 0.2) is 5.75 Å². The summed E-state index contributed by atoms with van der Waals surface area (Å²) in [5.41, 5.74) is 0.361. The summed E-state index contributed by atoms with van der Waals surface area (Å²) < 4.78 is 64.0. The first-order chi connectivity index (χ1) is 11.7. The number of furan rings is 1. The summed E-state index contributed by atoms with van der Waals surface area (Å²) in [7, 11) is -2.93. The van der Waals surface area contributed by atoms with E-state index in [0.717, 1.165) is 4.31 Å². The van der Waals surface area contributed by atoms with Gasteiger partial charge >= 0.3 is 16.1 Å². The molecule has 7 nitrogen and oxygen atoms in total. The van der Waals surface area contributed by atoms with E-state index >= 15 is 0 Å². The molecule has 10 heteroatoms. The third-order valence-electron chi connectivity index (χ3n) is 3.98. The standard InChI is InChI=1S/C15H16F2N2O5S/c1-23-12-10-4-2-3-5-11(10)24-13(12)14(20)18-25(21,22)19-8-6-15(16,17)7-9-19/h2-5H,6-9H2,1H3,(H,18,20). The molecule has 1 aliphatic heterocycles. The number of nitrogens with one attached hydrogen (secondary N) is 1. The molecule has 1 amide bonds. The summed E-state index contributed by atoms with van der Waals surface area (Å²) in [6.45, 7) is -0.736. The van der Waals surface area contributed by atoms with Gasteiger partial charge in [-0.1, -0.05) is 12.1 Å². The Hall–Kier alpha value is -2.20. The van der Waals surface area contributed by atoms with E-state index < -0.39 is 34.9 Å². The molecule has 0 bridgehead atoms. The Labute approximate surface area is 142 Å². The van der Waals surface area contributed by atoms with Crippen molar-refractivity contribution in [1.29, 1.82) is 0 Å². The fraction of sp³-hybridized carbons (Fsp3) is 0.400. The lowest BCUT2D eigenvalue weighted by Crippen LogP contribution is -2.49. The minimum absolute atomic E-state index is 0.105. The van der Waals surface area contributed by atoms with Crippen molar-refractivity contribution in [3.8, 4) is 5.75 Å². The summed E-state index contributed by atoms with van der Waals surface area (Å²) in [4.78, 5) is 12.3. The highest BCUT2D eigenvalue weighted by atomic mass is 32.2. The van der Waals surface area contributed by atoms with Gasteiger partial charge in [0.2, 0.25) is 5.76 Å². The molecule has 0 aliphatic carbocycles. The second-order valence-corrected chi connectivity index (χ2v) is 7.32. The van der Waals surface area contributed by atoms with E-state index in [0.29, 0.717) is 11.0 Å². The second-order valence-electron chi connectivity index (χ2n) is 5.65. The molecule has 2 heterocycles. The van der Waals surface area contributed by atoms with E-state index in [-0.39, 0.29) is 24.6 Å². The maximum absolute atomic E-state index is 13.2. The number of rotatable bonds is 4. The molecule has 1 fully saturated rings. The first kappa shape index (κ1) is 17.6. The molecule has 25 heavy (non-hydrogen) atoms. The number of para-hydroxylation sites is 1. The van der Waals surface area contributed by atoms with Gasteiger partial charge < -0.3 is 9.15 Å². The third kappa shape index (κ3) is 3.45. The fourth-order valence-electron chi connectivity index (χ4n) is 2.66. The van der Waals surface area contributed by atoms with Crippen LogP contribution < -0.4 is 9.46 Å². The maximum Gasteiger partial charge on any atom is 0.305 e. The van der Waals surface area contributed by atoms with Crippen LogP contribution >= 0.6 is 0 Å². The van der Waals surface area contributed by atoms with Gasteiger partial charge in [0.1, 0.15) is 5.58 Å². The predicted molar refractivity (Wildman–Crippen MR) is 84.9 cm³/mol. The number of ether oxygens (including phenoxy) is 1. The SMILES string of the molecule is COc1c(C(=O)NS(=O)(=O)N2CCC(F)(F)CC2)oc2ccccc12. The second kappa shape index (κ2) is 6.26. The van der Waals surface area contributed by atoms with Gasteiger partial charge in [-0.15, -0.1) is 0 Å². The van der Waals surface area contributed by atoms with Crippen molar-refractivity contribution < 1.29 is 31.1 Å². The molecule has 136 valence electrons. The van der Waals surface area contributed by atoms with Crippen LogP contribution in [0.2, 0.25) is 0 Å². The number of carbonyl (C=O) groups is 1. The highest BCUT2D eigenvalue weighted by Crippen LogP contribution is 2.33. The number of fused-ring (bicyclic) bond motifs is 1.